The van der Waals surface area contributed by atoms with Crippen molar-refractivity contribution in [2.75, 3.05) is 17.2 Å². The number of fused-ring (bicyclic) bond motifs is 1. The van der Waals surface area contributed by atoms with Gasteiger partial charge in [-0.1, -0.05) is 18.2 Å². The Bertz CT molecular complexity index is 1050. The van der Waals surface area contributed by atoms with Crippen molar-refractivity contribution in [1.29, 1.82) is 0 Å². The number of carbonyl (C=O) groups excluding carboxylic acids is 2. The molecule has 0 saturated carbocycles. The lowest BCUT2D eigenvalue weighted by molar-refractivity contribution is -0.122. The zero-order chi connectivity index (χ0) is 20.9. The standard InChI is InChI=1S/C23H20N2O5/c1-15(29-19-11-12-21-20(13-19)25-22(26)14-28-21)23(27)24-16-7-9-18(10-8-16)30-17-5-3-2-4-6-17/h2-13,15H,14H2,1H3,(H,24,27)(H,25,26). The molecule has 3 aromatic rings. The maximum Gasteiger partial charge on any atom is 0.265 e. The van der Waals surface area contributed by atoms with E-state index in [0.29, 0.717) is 28.6 Å². The molecule has 1 atom stereocenters. The lowest BCUT2D eigenvalue weighted by Gasteiger charge is -2.20. The van der Waals surface area contributed by atoms with Crippen molar-refractivity contribution in [2.24, 2.45) is 0 Å². The van der Waals surface area contributed by atoms with Crippen LogP contribution < -0.4 is 24.8 Å². The number of benzene rings is 3. The molecule has 7 heteroatoms. The number of nitrogens with one attached hydrogen (secondary N) is 2. The molecule has 4 rings (SSSR count). The molecular weight excluding hydrogens is 384 g/mol. The van der Waals surface area contributed by atoms with Crippen molar-refractivity contribution < 1.29 is 23.8 Å². The predicted octanol–water partition coefficient (Wildman–Crippen LogP) is 4.22. The molecule has 7 nitrogen and oxygen atoms in total. The average Bonchev–Trinajstić information content (AvgIpc) is 2.75. The molecule has 0 bridgehead atoms. The van der Waals surface area contributed by atoms with Crippen LogP contribution in [0.3, 0.4) is 0 Å². The maximum absolute atomic E-state index is 12.5. The Labute approximate surface area is 173 Å². The number of ether oxygens (including phenoxy) is 3. The number of rotatable bonds is 6. The molecule has 0 radical (unpaired) electrons. The fourth-order valence-corrected chi connectivity index (χ4v) is 2.87. The van der Waals surface area contributed by atoms with E-state index in [4.69, 9.17) is 14.2 Å². The summed E-state index contributed by atoms with van der Waals surface area (Å²) in [6, 6.07) is 21.5. The lowest BCUT2D eigenvalue weighted by atomic mass is 10.2. The third kappa shape index (κ3) is 4.70. The highest BCUT2D eigenvalue weighted by Gasteiger charge is 2.19. The zero-order valence-electron chi connectivity index (χ0n) is 16.3. The van der Waals surface area contributed by atoms with Gasteiger partial charge in [0.05, 0.1) is 5.69 Å². The number of hydrogen-bond donors (Lipinski definition) is 2. The van der Waals surface area contributed by atoms with Crippen molar-refractivity contribution >= 4 is 23.2 Å². The van der Waals surface area contributed by atoms with Crippen LogP contribution in [0, 0.1) is 0 Å². The number of anilines is 2. The van der Waals surface area contributed by atoms with Crippen LogP contribution >= 0.6 is 0 Å². The van der Waals surface area contributed by atoms with Gasteiger partial charge in [0.2, 0.25) is 0 Å². The summed E-state index contributed by atoms with van der Waals surface area (Å²) in [5, 5.41) is 5.52. The first-order valence-corrected chi connectivity index (χ1v) is 9.44. The van der Waals surface area contributed by atoms with E-state index in [1.807, 2.05) is 30.3 Å². The van der Waals surface area contributed by atoms with E-state index in [-0.39, 0.29) is 18.4 Å². The van der Waals surface area contributed by atoms with E-state index < -0.39 is 6.10 Å². The van der Waals surface area contributed by atoms with Crippen LogP contribution in [-0.2, 0) is 9.59 Å². The summed E-state index contributed by atoms with van der Waals surface area (Å²) in [5.74, 6) is 1.89. The molecule has 30 heavy (non-hydrogen) atoms. The summed E-state index contributed by atoms with van der Waals surface area (Å²) in [7, 11) is 0. The van der Waals surface area contributed by atoms with E-state index in [1.165, 1.54) is 0 Å². The van der Waals surface area contributed by atoms with Gasteiger partial charge in [0.25, 0.3) is 11.8 Å². The Morgan fingerprint density at radius 3 is 2.47 bits per heavy atom. The van der Waals surface area contributed by atoms with Gasteiger partial charge in [-0.05, 0) is 55.5 Å². The van der Waals surface area contributed by atoms with Crippen molar-refractivity contribution in [1.82, 2.24) is 0 Å². The smallest absolute Gasteiger partial charge is 0.265 e. The SMILES string of the molecule is CC(Oc1ccc2c(c1)NC(=O)CO2)C(=O)Nc1ccc(Oc2ccccc2)cc1. The van der Waals surface area contributed by atoms with Gasteiger partial charge < -0.3 is 24.8 Å². The molecule has 152 valence electrons. The van der Waals surface area contributed by atoms with Crippen LogP contribution in [0.2, 0.25) is 0 Å². The van der Waals surface area contributed by atoms with Crippen molar-refractivity contribution in [3.63, 3.8) is 0 Å². The highest BCUT2D eigenvalue weighted by Crippen LogP contribution is 2.32. The van der Waals surface area contributed by atoms with Crippen molar-refractivity contribution in [2.45, 2.75) is 13.0 Å². The van der Waals surface area contributed by atoms with Crippen molar-refractivity contribution in [3.05, 3.63) is 72.8 Å². The first kappa shape index (κ1) is 19.3. The van der Waals surface area contributed by atoms with E-state index >= 15 is 0 Å². The van der Waals surface area contributed by atoms with Gasteiger partial charge in [0, 0.05) is 11.8 Å². The maximum atomic E-state index is 12.5. The molecule has 1 heterocycles. The first-order valence-electron chi connectivity index (χ1n) is 9.44. The molecular formula is C23H20N2O5. The molecule has 0 aliphatic carbocycles. The molecule has 0 saturated heterocycles. The average molecular weight is 404 g/mol. The normalized spacial score (nSPS) is 13.3. The number of hydrogen-bond acceptors (Lipinski definition) is 5. The predicted molar refractivity (Wildman–Crippen MR) is 112 cm³/mol. The Kier molecular flexibility index (Phi) is 5.52. The van der Waals surface area contributed by atoms with Gasteiger partial charge in [-0.2, -0.15) is 0 Å². The minimum Gasteiger partial charge on any atom is -0.482 e. The topological polar surface area (TPSA) is 85.9 Å². The lowest BCUT2D eigenvalue weighted by Crippen LogP contribution is -2.30. The number of para-hydroxylation sites is 1. The van der Waals surface area contributed by atoms with Gasteiger partial charge in [-0.25, -0.2) is 0 Å². The van der Waals surface area contributed by atoms with Gasteiger partial charge in [-0.15, -0.1) is 0 Å². The molecule has 2 amide bonds. The Morgan fingerprint density at radius 1 is 1.00 bits per heavy atom. The zero-order valence-corrected chi connectivity index (χ0v) is 16.3. The number of amides is 2. The van der Waals surface area contributed by atoms with Crippen LogP contribution in [0.15, 0.2) is 72.8 Å². The quantitative estimate of drug-likeness (QED) is 0.643. The highest BCUT2D eigenvalue weighted by molar-refractivity contribution is 5.96. The second kappa shape index (κ2) is 8.57. The van der Waals surface area contributed by atoms with Gasteiger partial charge in [0.15, 0.2) is 12.7 Å². The summed E-state index contributed by atoms with van der Waals surface area (Å²) >= 11 is 0. The molecule has 3 aromatic carbocycles. The molecule has 1 aliphatic heterocycles. The molecule has 1 aliphatic rings. The molecule has 2 N–H and O–H groups in total. The van der Waals surface area contributed by atoms with E-state index in [2.05, 4.69) is 10.6 Å². The van der Waals surface area contributed by atoms with Crippen LogP contribution in [-0.4, -0.2) is 24.5 Å². The Hall–Kier alpha value is -4.00. The van der Waals surface area contributed by atoms with Crippen LogP contribution in [0.1, 0.15) is 6.92 Å². The largest absolute Gasteiger partial charge is 0.482 e. The Balaban J connectivity index is 1.34. The monoisotopic (exact) mass is 404 g/mol. The molecule has 1 unspecified atom stereocenters. The Morgan fingerprint density at radius 2 is 1.70 bits per heavy atom. The first-order chi connectivity index (χ1) is 14.6. The summed E-state index contributed by atoms with van der Waals surface area (Å²) in [4.78, 5) is 23.9. The second-order valence-corrected chi connectivity index (χ2v) is 6.68. The fraction of sp³-hybridized carbons (Fsp3) is 0.130. The minimum absolute atomic E-state index is 0.0127. The fourth-order valence-electron chi connectivity index (χ4n) is 2.87. The third-order valence-corrected chi connectivity index (χ3v) is 4.37. The summed E-state index contributed by atoms with van der Waals surface area (Å²) in [6.07, 6.45) is -0.747. The molecule has 0 aromatic heterocycles. The molecule has 0 fully saturated rings. The van der Waals surface area contributed by atoms with Crippen LogP contribution in [0.25, 0.3) is 0 Å². The summed E-state index contributed by atoms with van der Waals surface area (Å²) in [6.45, 7) is 1.64. The van der Waals surface area contributed by atoms with Gasteiger partial charge in [0.1, 0.15) is 23.0 Å². The number of carbonyl (C=O) groups is 2. The van der Waals surface area contributed by atoms with E-state index in [1.54, 1.807) is 49.4 Å². The van der Waals surface area contributed by atoms with Crippen LogP contribution in [0.4, 0.5) is 11.4 Å². The van der Waals surface area contributed by atoms with E-state index in [0.717, 1.165) is 5.75 Å². The summed E-state index contributed by atoms with van der Waals surface area (Å²) < 4.78 is 16.8. The summed E-state index contributed by atoms with van der Waals surface area (Å²) in [5.41, 5.74) is 1.15. The van der Waals surface area contributed by atoms with Gasteiger partial charge in [-0.3, -0.25) is 9.59 Å². The molecule has 0 spiro atoms. The highest BCUT2D eigenvalue weighted by atomic mass is 16.5. The second-order valence-electron chi connectivity index (χ2n) is 6.68. The van der Waals surface area contributed by atoms with E-state index in [9.17, 15) is 9.59 Å². The third-order valence-electron chi connectivity index (χ3n) is 4.37. The van der Waals surface area contributed by atoms with Crippen molar-refractivity contribution in [3.8, 4) is 23.0 Å². The van der Waals surface area contributed by atoms with Gasteiger partial charge >= 0.3 is 0 Å². The minimum atomic E-state index is -0.747. The van der Waals surface area contributed by atoms with Crippen LogP contribution in [0.5, 0.6) is 23.0 Å².